The van der Waals surface area contributed by atoms with Crippen molar-refractivity contribution in [1.29, 1.82) is 0 Å². The van der Waals surface area contributed by atoms with Gasteiger partial charge in [-0.3, -0.25) is 4.79 Å². The Morgan fingerprint density at radius 2 is 2.22 bits per heavy atom. The summed E-state index contributed by atoms with van der Waals surface area (Å²) in [4.78, 5) is 12.4. The van der Waals surface area contributed by atoms with Crippen LogP contribution in [0.15, 0.2) is 0 Å². The predicted octanol–water partition coefficient (Wildman–Crippen LogP) is 1.16. The van der Waals surface area contributed by atoms with Crippen molar-refractivity contribution in [3.05, 3.63) is 0 Å². The molecule has 0 spiro atoms. The largest absolute Gasteiger partial charge is 0.380 e. The molecule has 0 aliphatic carbocycles. The van der Waals surface area contributed by atoms with Crippen molar-refractivity contribution < 1.29 is 9.53 Å². The number of ether oxygens (including phenoxy) is 1. The molecule has 0 radical (unpaired) electrons. The number of hydrogen-bond donors (Lipinski definition) is 2. The number of piperidine rings is 1. The molecule has 2 N–H and O–H groups in total. The molecule has 104 valence electrons. The molecule has 1 unspecified atom stereocenters. The number of hydrogen-bond acceptors (Lipinski definition) is 3. The zero-order valence-electron chi connectivity index (χ0n) is 11.8. The van der Waals surface area contributed by atoms with E-state index < -0.39 is 0 Å². The van der Waals surface area contributed by atoms with Gasteiger partial charge in [-0.05, 0) is 31.8 Å². The second-order valence-electron chi connectivity index (χ2n) is 6.75. The highest BCUT2D eigenvalue weighted by atomic mass is 16.5. The van der Waals surface area contributed by atoms with Crippen molar-refractivity contribution >= 4 is 5.91 Å². The van der Waals surface area contributed by atoms with Crippen LogP contribution < -0.4 is 10.6 Å². The fraction of sp³-hybridized carbons (Fsp3) is 0.929. The van der Waals surface area contributed by atoms with Crippen LogP contribution in [0.3, 0.4) is 0 Å². The molecule has 2 fully saturated rings. The first kappa shape index (κ1) is 13.8. The average molecular weight is 254 g/mol. The van der Waals surface area contributed by atoms with Crippen LogP contribution in [-0.4, -0.2) is 38.8 Å². The molecule has 2 heterocycles. The summed E-state index contributed by atoms with van der Waals surface area (Å²) in [5, 5.41) is 6.51. The third kappa shape index (κ3) is 2.86. The van der Waals surface area contributed by atoms with Crippen molar-refractivity contribution in [3.63, 3.8) is 0 Å². The second kappa shape index (κ2) is 5.17. The molecule has 0 aromatic carbocycles. The Hall–Kier alpha value is -0.610. The van der Waals surface area contributed by atoms with E-state index in [0.29, 0.717) is 5.92 Å². The Morgan fingerprint density at radius 1 is 1.50 bits per heavy atom. The van der Waals surface area contributed by atoms with Crippen LogP contribution in [0.1, 0.15) is 33.6 Å². The van der Waals surface area contributed by atoms with E-state index in [-0.39, 0.29) is 16.7 Å². The fourth-order valence-corrected chi connectivity index (χ4v) is 2.73. The Balaban J connectivity index is 1.85. The van der Waals surface area contributed by atoms with Crippen LogP contribution in [0.4, 0.5) is 0 Å². The standard InChI is InChI=1S/C14H26N2O2/c1-13(2,11-5-4-6-15-7-11)12(17)16-8-14(3)9-18-10-14/h11,15H,4-10H2,1-3H3,(H,16,17). The van der Waals surface area contributed by atoms with Gasteiger partial charge in [-0.1, -0.05) is 20.8 Å². The zero-order valence-corrected chi connectivity index (χ0v) is 11.8. The van der Waals surface area contributed by atoms with E-state index in [2.05, 4.69) is 31.4 Å². The highest BCUT2D eigenvalue weighted by molar-refractivity contribution is 5.82. The zero-order chi connectivity index (χ0) is 13.2. The SMILES string of the molecule is CC1(CNC(=O)C(C)(C)C2CCCNC2)COC1. The van der Waals surface area contributed by atoms with Gasteiger partial charge in [0.1, 0.15) is 0 Å². The fourth-order valence-electron chi connectivity index (χ4n) is 2.73. The molecule has 0 aromatic heterocycles. The van der Waals surface area contributed by atoms with Gasteiger partial charge < -0.3 is 15.4 Å². The summed E-state index contributed by atoms with van der Waals surface area (Å²) in [5.74, 6) is 0.626. The van der Waals surface area contributed by atoms with Gasteiger partial charge in [-0.2, -0.15) is 0 Å². The summed E-state index contributed by atoms with van der Waals surface area (Å²) in [6.07, 6.45) is 2.32. The molecule has 2 rings (SSSR count). The maximum atomic E-state index is 12.4. The van der Waals surface area contributed by atoms with E-state index in [1.165, 1.54) is 6.42 Å². The predicted molar refractivity (Wildman–Crippen MR) is 71.3 cm³/mol. The lowest BCUT2D eigenvalue weighted by Gasteiger charge is -2.40. The molecule has 2 saturated heterocycles. The molecule has 0 bridgehead atoms. The van der Waals surface area contributed by atoms with Gasteiger partial charge in [0.05, 0.1) is 13.2 Å². The van der Waals surface area contributed by atoms with Crippen molar-refractivity contribution in [3.8, 4) is 0 Å². The van der Waals surface area contributed by atoms with Gasteiger partial charge >= 0.3 is 0 Å². The maximum Gasteiger partial charge on any atom is 0.226 e. The van der Waals surface area contributed by atoms with E-state index in [1.54, 1.807) is 0 Å². The monoisotopic (exact) mass is 254 g/mol. The molecule has 1 amide bonds. The summed E-state index contributed by atoms with van der Waals surface area (Å²) in [5.41, 5.74) is -0.134. The number of rotatable bonds is 4. The number of amides is 1. The van der Waals surface area contributed by atoms with Crippen LogP contribution in [0.2, 0.25) is 0 Å². The summed E-state index contributed by atoms with van der Waals surface area (Å²) < 4.78 is 5.21. The van der Waals surface area contributed by atoms with Crippen LogP contribution in [0.25, 0.3) is 0 Å². The Kier molecular flexibility index (Phi) is 3.97. The van der Waals surface area contributed by atoms with Crippen molar-refractivity contribution in [2.45, 2.75) is 33.6 Å². The molecule has 2 aliphatic rings. The summed E-state index contributed by atoms with van der Waals surface area (Å²) in [7, 11) is 0. The van der Waals surface area contributed by atoms with Gasteiger partial charge in [-0.25, -0.2) is 0 Å². The Bertz CT molecular complexity index is 305. The van der Waals surface area contributed by atoms with E-state index in [0.717, 1.165) is 39.3 Å². The van der Waals surface area contributed by atoms with Crippen molar-refractivity contribution in [1.82, 2.24) is 10.6 Å². The summed E-state index contributed by atoms with van der Waals surface area (Å²) in [6.45, 7) is 10.6. The van der Waals surface area contributed by atoms with Gasteiger partial charge in [0.25, 0.3) is 0 Å². The van der Waals surface area contributed by atoms with Crippen LogP contribution in [0.5, 0.6) is 0 Å². The minimum absolute atomic E-state index is 0.149. The Labute approximate surface area is 110 Å². The van der Waals surface area contributed by atoms with E-state index in [4.69, 9.17) is 4.74 Å². The molecule has 4 heteroatoms. The first-order chi connectivity index (χ1) is 8.44. The minimum atomic E-state index is -0.283. The van der Waals surface area contributed by atoms with Crippen LogP contribution in [0, 0.1) is 16.7 Å². The molecule has 0 saturated carbocycles. The smallest absolute Gasteiger partial charge is 0.226 e. The van der Waals surface area contributed by atoms with Crippen LogP contribution >= 0.6 is 0 Å². The molecule has 0 aromatic rings. The van der Waals surface area contributed by atoms with E-state index in [1.807, 2.05) is 0 Å². The normalized spacial score (nSPS) is 27.4. The molecule has 2 aliphatic heterocycles. The van der Waals surface area contributed by atoms with Crippen molar-refractivity contribution in [2.24, 2.45) is 16.7 Å². The average Bonchev–Trinajstić information content (AvgIpc) is 2.34. The van der Waals surface area contributed by atoms with Gasteiger partial charge in [0, 0.05) is 17.4 Å². The quantitative estimate of drug-likeness (QED) is 0.791. The van der Waals surface area contributed by atoms with Crippen molar-refractivity contribution in [2.75, 3.05) is 32.8 Å². The third-order valence-electron chi connectivity index (χ3n) is 4.48. The molecular weight excluding hydrogens is 228 g/mol. The lowest BCUT2D eigenvalue weighted by Crippen LogP contribution is -2.53. The number of carbonyl (C=O) groups is 1. The lowest BCUT2D eigenvalue weighted by molar-refractivity contribution is -0.137. The summed E-state index contributed by atoms with van der Waals surface area (Å²) in [6, 6.07) is 0. The third-order valence-corrected chi connectivity index (χ3v) is 4.48. The van der Waals surface area contributed by atoms with Gasteiger partial charge in [0.2, 0.25) is 5.91 Å². The molecule has 1 atom stereocenters. The molecular formula is C14H26N2O2. The van der Waals surface area contributed by atoms with Gasteiger partial charge in [0.15, 0.2) is 0 Å². The summed E-state index contributed by atoms with van der Waals surface area (Å²) >= 11 is 0. The second-order valence-corrected chi connectivity index (χ2v) is 6.75. The van der Waals surface area contributed by atoms with E-state index in [9.17, 15) is 4.79 Å². The number of nitrogens with one attached hydrogen (secondary N) is 2. The first-order valence-corrected chi connectivity index (χ1v) is 7.01. The number of carbonyl (C=O) groups excluding carboxylic acids is 1. The Morgan fingerprint density at radius 3 is 2.72 bits per heavy atom. The topological polar surface area (TPSA) is 50.4 Å². The molecule has 18 heavy (non-hydrogen) atoms. The highest BCUT2D eigenvalue weighted by Gasteiger charge is 2.39. The first-order valence-electron chi connectivity index (χ1n) is 7.01. The minimum Gasteiger partial charge on any atom is -0.380 e. The van der Waals surface area contributed by atoms with Crippen LogP contribution in [-0.2, 0) is 9.53 Å². The maximum absolute atomic E-state index is 12.4. The lowest BCUT2D eigenvalue weighted by atomic mass is 9.74. The highest BCUT2D eigenvalue weighted by Crippen LogP contribution is 2.32. The molecule has 4 nitrogen and oxygen atoms in total. The van der Waals surface area contributed by atoms with Gasteiger partial charge in [-0.15, -0.1) is 0 Å². The van der Waals surface area contributed by atoms with E-state index >= 15 is 0 Å².